The highest BCUT2D eigenvalue weighted by atomic mass is 32.2. The third-order valence-electron chi connectivity index (χ3n) is 6.67. The molecule has 30 heavy (non-hydrogen) atoms. The normalized spacial score (nSPS) is 18.3. The Balaban J connectivity index is 1.53. The van der Waals surface area contributed by atoms with Crippen LogP contribution in [0.5, 0.6) is 0 Å². The van der Waals surface area contributed by atoms with E-state index < -0.39 is 10.0 Å². The first-order chi connectivity index (χ1) is 14.5. The zero-order valence-corrected chi connectivity index (χ0v) is 18.3. The lowest BCUT2D eigenvalue weighted by Crippen LogP contribution is -2.56. The smallest absolute Gasteiger partial charge is 0.243 e. The number of hydrogen-bond donors (Lipinski definition) is 0. The number of piperidine rings is 1. The Bertz CT molecular complexity index is 1180. The topological polar surface area (TPSA) is 45.5 Å². The van der Waals surface area contributed by atoms with Crippen molar-refractivity contribution in [2.45, 2.75) is 37.1 Å². The molecule has 0 radical (unpaired) electrons. The Morgan fingerprint density at radius 3 is 2.37 bits per heavy atom. The second-order valence-corrected chi connectivity index (χ2v) is 10.2. The van der Waals surface area contributed by atoms with Crippen molar-refractivity contribution in [1.29, 1.82) is 0 Å². The maximum absolute atomic E-state index is 13.2. The average Bonchev–Trinajstić information content (AvgIpc) is 3.26. The predicted molar refractivity (Wildman–Crippen MR) is 120 cm³/mol. The molecule has 2 aliphatic heterocycles. The van der Waals surface area contributed by atoms with Gasteiger partial charge < -0.3 is 9.47 Å². The fourth-order valence-electron chi connectivity index (χ4n) is 5.23. The number of rotatable bonds is 3. The van der Waals surface area contributed by atoms with Gasteiger partial charge in [-0.2, -0.15) is 4.31 Å². The predicted octanol–water partition coefficient (Wildman–Crippen LogP) is 4.31. The Labute approximate surface area is 178 Å². The monoisotopic (exact) mass is 421 g/mol. The summed E-state index contributed by atoms with van der Waals surface area (Å²) in [5.41, 5.74) is 4.74. The highest BCUT2D eigenvalue weighted by Crippen LogP contribution is 2.48. The van der Waals surface area contributed by atoms with Crippen LogP contribution in [0.4, 0.5) is 5.69 Å². The average molecular weight is 422 g/mol. The molecule has 5 nitrogen and oxygen atoms in total. The number of aromatic nitrogens is 1. The molecule has 3 heterocycles. The molecular weight excluding hydrogens is 394 g/mol. The van der Waals surface area contributed by atoms with E-state index in [-0.39, 0.29) is 5.54 Å². The van der Waals surface area contributed by atoms with Crippen molar-refractivity contribution in [3.05, 3.63) is 78.1 Å². The molecule has 1 fully saturated rings. The van der Waals surface area contributed by atoms with Gasteiger partial charge in [-0.1, -0.05) is 24.3 Å². The van der Waals surface area contributed by atoms with Gasteiger partial charge >= 0.3 is 0 Å². The molecule has 0 bridgehead atoms. The molecule has 2 aliphatic rings. The number of anilines is 1. The van der Waals surface area contributed by atoms with Crippen LogP contribution in [0.2, 0.25) is 0 Å². The highest BCUT2D eigenvalue weighted by Gasteiger charge is 2.47. The molecule has 2 aromatic carbocycles. The van der Waals surface area contributed by atoms with Gasteiger partial charge in [0.15, 0.2) is 0 Å². The summed E-state index contributed by atoms with van der Waals surface area (Å²) in [6, 6.07) is 19.7. The van der Waals surface area contributed by atoms with Crippen LogP contribution in [0.1, 0.15) is 31.0 Å². The first kappa shape index (κ1) is 19.4. The highest BCUT2D eigenvalue weighted by molar-refractivity contribution is 7.89. The van der Waals surface area contributed by atoms with E-state index in [1.54, 1.807) is 28.6 Å². The van der Waals surface area contributed by atoms with Gasteiger partial charge in [-0.15, -0.1) is 0 Å². The zero-order chi connectivity index (χ0) is 20.9. The van der Waals surface area contributed by atoms with Gasteiger partial charge in [0, 0.05) is 31.5 Å². The van der Waals surface area contributed by atoms with E-state index in [1.165, 1.54) is 22.6 Å². The van der Waals surface area contributed by atoms with Gasteiger partial charge in [0.05, 0.1) is 21.8 Å². The Morgan fingerprint density at radius 2 is 1.67 bits per heavy atom. The van der Waals surface area contributed by atoms with Gasteiger partial charge in [-0.3, -0.25) is 0 Å². The van der Waals surface area contributed by atoms with Crippen molar-refractivity contribution in [3.8, 4) is 5.69 Å². The third-order valence-corrected chi connectivity index (χ3v) is 8.58. The maximum Gasteiger partial charge on any atom is 0.243 e. The maximum atomic E-state index is 13.2. The van der Waals surface area contributed by atoms with Crippen LogP contribution in [0, 0.1) is 6.92 Å². The first-order valence-corrected chi connectivity index (χ1v) is 12.0. The minimum absolute atomic E-state index is 0.193. The minimum atomic E-state index is -3.46. The van der Waals surface area contributed by atoms with Crippen LogP contribution in [0.15, 0.2) is 71.8 Å². The van der Waals surface area contributed by atoms with Crippen LogP contribution < -0.4 is 4.90 Å². The largest absolute Gasteiger partial charge is 0.359 e. The molecule has 3 aromatic rings. The van der Waals surface area contributed by atoms with Gasteiger partial charge in [-0.05, 0) is 68.7 Å². The molecule has 0 amide bonds. The van der Waals surface area contributed by atoms with E-state index in [2.05, 4.69) is 59.8 Å². The van der Waals surface area contributed by atoms with Crippen LogP contribution in [0.3, 0.4) is 0 Å². The minimum Gasteiger partial charge on any atom is -0.359 e. The summed E-state index contributed by atoms with van der Waals surface area (Å²) in [4.78, 5) is 2.87. The van der Waals surface area contributed by atoms with Gasteiger partial charge in [0.25, 0.3) is 0 Å². The van der Waals surface area contributed by atoms with Crippen molar-refractivity contribution >= 4 is 15.7 Å². The Hall–Kier alpha value is -2.57. The Kier molecular flexibility index (Phi) is 4.52. The standard InChI is InChI=1S/C24H27N3O2S/c1-3-27-22-18-19(2)11-12-21(22)26-15-7-10-23(26)24(27)13-16-25(17-14-24)30(28,29)20-8-5-4-6-9-20/h4-12,15,18H,3,13-14,16-17H2,1-2H3. The zero-order valence-electron chi connectivity index (χ0n) is 17.5. The van der Waals surface area contributed by atoms with E-state index in [0.717, 1.165) is 19.4 Å². The van der Waals surface area contributed by atoms with Gasteiger partial charge in [-0.25, -0.2) is 8.42 Å². The molecule has 1 aromatic heterocycles. The van der Waals surface area contributed by atoms with Crippen LogP contribution in [-0.2, 0) is 15.6 Å². The summed E-state index contributed by atoms with van der Waals surface area (Å²) in [5, 5.41) is 0. The quantitative estimate of drug-likeness (QED) is 0.633. The summed E-state index contributed by atoms with van der Waals surface area (Å²) in [7, 11) is -3.46. The van der Waals surface area contributed by atoms with Crippen molar-refractivity contribution in [2.75, 3.05) is 24.5 Å². The fraction of sp³-hybridized carbons (Fsp3) is 0.333. The molecule has 0 N–H and O–H groups in total. The lowest BCUT2D eigenvalue weighted by atomic mass is 9.81. The van der Waals surface area contributed by atoms with E-state index in [1.807, 2.05) is 6.07 Å². The molecule has 0 saturated carbocycles. The molecule has 6 heteroatoms. The summed E-state index contributed by atoms with van der Waals surface area (Å²) < 4.78 is 30.3. The fourth-order valence-corrected chi connectivity index (χ4v) is 6.69. The molecule has 1 spiro atoms. The van der Waals surface area contributed by atoms with Crippen molar-refractivity contribution in [2.24, 2.45) is 0 Å². The number of hydrogen-bond acceptors (Lipinski definition) is 3. The lowest BCUT2D eigenvalue weighted by molar-refractivity contribution is 0.215. The first-order valence-electron chi connectivity index (χ1n) is 10.6. The van der Waals surface area contributed by atoms with E-state index >= 15 is 0 Å². The number of nitrogens with zero attached hydrogens (tertiary/aromatic N) is 3. The lowest BCUT2D eigenvalue weighted by Gasteiger charge is -2.52. The molecule has 0 atom stereocenters. The van der Waals surface area contributed by atoms with Crippen LogP contribution in [0.25, 0.3) is 5.69 Å². The number of aryl methyl sites for hydroxylation is 1. The molecule has 1 saturated heterocycles. The van der Waals surface area contributed by atoms with Crippen molar-refractivity contribution < 1.29 is 8.42 Å². The van der Waals surface area contributed by atoms with E-state index in [0.29, 0.717) is 18.0 Å². The molecule has 0 unspecified atom stereocenters. The van der Waals surface area contributed by atoms with Gasteiger partial charge in [0.2, 0.25) is 10.0 Å². The summed E-state index contributed by atoms with van der Waals surface area (Å²) in [6.45, 7) is 6.23. The van der Waals surface area contributed by atoms with Crippen molar-refractivity contribution in [3.63, 3.8) is 0 Å². The SMILES string of the molecule is CCN1c2cc(C)ccc2-n2cccc2C12CCN(S(=O)(=O)c1ccccc1)CC2. The number of benzene rings is 2. The number of sulfonamides is 1. The summed E-state index contributed by atoms with van der Waals surface area (Å²) in [5.74, 6) is 0. The van der Waals surface area contributed by atoms with Gasteiger partial charge in [0.1, 0.15) is 0 Å². The summed E-state index contributed by atoms with van der Waals surface area (Å²) in [6.07, 6.45) is 3.67. The Morgan fingerprint density at radius 1 is 0.933 bits per heavy atom. The molecular formula is C24H27N3O2S. The van der Waals surface area contributed by atoms with Crippen LogP contribution in [-0.4, -0.2) is 36.9 Å². The summed E-state index contributed by atoms with van der Waals surface area (Å²) >= 11 is 0. The molecule has 5 rings (SSSR count). The molecule has 0 aliphatic carbocycles. The second-order valence-electron chi connectivity index (χ2n) is 8.25. The molecule has 156 valence electrons. The second kappa shape index (κ2) is 7.00. The van der Waals surface area contributed by atoms with E-state index in [4.69, 9.17) is 0 Å². The number of fused-ring (bicyclic) bond motifs is 4. The van der Waals surface area contributed by atoms with Crippen molar-refractivity contribution in [1.82, 2.24) is 8.87 Å². The van der Waals surface area contributed by atoms with E-state index in [9.17, 15) is 8.42 Å². The van der Waals surface area contributed by atoms with Crippen LogP contribution >= 0.6 is 0 Å². The third kappa shape index (κ3) is 2.74.